The summed E-state index contributed by atoms with van der Waals surface area (Å²) in [4.78, 5) is 18.0. The zero-order valence-electron chi connectivity index (χ0n) is 10.8. The average molecular weight is 263 g/mol. The van der Waals surface area contributed by atoms with Crippen LogP contribution in [0.1, 0.15) is 36.0 Å². The van der Waals surface area contributed by atoms with Crippen LogP contribution < -0.4 is 5.32 Å². The predicted octanol–water partition coefficient (Wildman–Crippen LogP) is 1.58. The molecule has 1 aliphatic heterocycles. The maximum absolute atomic E-state index is 13.7. The average Bonchev–Trinajstić information content (AvgIpc) is 3.13. The summed E-state index contributed by atoms with van der Waals surface area (Å²) in [7, 11) is 0. The second kappa shape index (κ2) is 5.25. The number of hydrogen-bond acceptors (Lipinski definition) is 3. The SMILES string of the molecule is O=C(c1ccncc1F)N(C[C@H]1CCCN1)C1CC1. The van der Waals surface area contributed by atoms with Gasteiger partial charge >= 0.3 is 0 Å². The molecule has 4 nitrogen and oxygen atoms in total. The Balaban J connectivity index is 1.76. The predicted molar refractivity (Wildman–Crippen MR) is 69.3 cm³/mol. The van der Waals surface area contributed by atoms with E-state index in [2.05, 4.69) is 10.3 Å². The van der Waals surface area contributed by atoms with Gasteiger partial charge in [-0.3, -0.25) is 9.78 Å². The van der Waals surface area contributed by atoms with Crippen molar-refractivity contribution < 1.29 is 9.18 Å². The highest BCUT2D eigenvalue weighted by Gasteiger charge is 2.35. The molecule has 2 fully saturated rings. The van der Waals surface area contributed by atoms with Gasteiger partial charge in [-0.2, -0.15) is 0 Å². The molecule has 0 bridgehead atoms. The molecule has 0 radical (unpaired) electrons. The Morgan fingerprint density at radius 3 is 2.95 bits per heavy atom. The molecular weight excluding hydrogens is 245 g/mol. The first-order chi connectivity index (χ1) is 9.25. The Bertz CT molecular complexity index is 470. The third-order valence-corrected chi connectivity index (χ3v) is 3.83. The summed E-state index contributed by atoms with van der Waals surface area (Å²) >= 11 is 0. The number of amides is 1. The normalized spacial score (nSPS) is 22.5. The van der Waals surface area contributed by atoms with Crippen molar-refractivity contribution in [1.82, 2.24) is 15.2 Å². The number of halogens is 1. The monoisotopic (exact) mass is 263 g/mol. The highest BCUT2D eigenvalue weighted by atomic mass is 19.1. The van der Waals surface area contributed by atoms with Crippen molar-refractivity contribution in [2.24, 2.45) is 0 Å². The van der Waals surface area contributed by atoms with Crippen LogP contribution >= 0.6 is 0 Å². The molecule has 19 heavy (non-hydrogen) atoms. The minimum absolute atomic E-state index is 0.139. The highest BCUT2D eigenvalue weighted by molar-refractivity contribution is 5.94. The van der Waals surface area contributed by atoms with Gasteiger partial charge < -0.3 is 10.2 Å². The molecule has 2 heterocycles. The molecule has 0 unspecified atom stereocenters. The van der Waals surface area contributed by atoms with Gasteiger partial charge in [0.15, 0.2) is 5.82 Å². The standard InChI is InChI=1S/C14H18FN3O/c15-13-8-16-7-5-12(13)14(19)18(11-3-4-11)9-10-2-1-6-17-10/h5,7-8,10-11,17H,1-4,6,9H2/t10-/m1/s1. The molecule has 102 valence electrons. The molecule has 1 aromatic heterocycles. The molecule has 3 rings (SSSR count). The summed E-state index contributed by atoms with van der Waals surface area (Å²) in [6.07, 6.45) is 6.88. The Labute approximate surface area is 112 Å². The summed E-state index contributed by atoms with van der Waals surface area (Å²) in [5, 5.41) is 3.39. The molecule has 1 N–H and O–H groups in total. The van der Waals surface area contributed by atoms with Gasteiger partial charge in [0.2, 0.25) is 0 Å². The number of hydrogen-bond donors (Lipinski definition) is 1. The molecule has 0 aromatic carbocycles. The fraction of sp³-hybridized carbons (Fsp3) is 0.571. The van der Waals surface area contributed by atoms with Crippen LogP contribution in [-0.4, -0.2) is 41.0 Å². The van der Waals surface area contributed by atoms with Gasteiger partial charge in [-0.15, -0.1) is 0 Å². The van der Waals surface area contributed by atoms with Gasteiger partial charge in [0.1, 0.15) is 0 Å². The first-order valence-corrected chi connectivity index (χ1v) is 6.89. The second-order valence-corrected chi connectivity index (χ2v) is 5.34. The lowest BCUT2D eigenvalue weighted by atomic mass is 10.1. The van der Waals surface area contributed by atoms with E-state index in [4.69, 9.17) is 0 Å². The van der Waals surface area contributed by atoms with E-state index in [9.17, 15) is 9.18 Å². The third-order valence-electron chi connectivity index (χ3n) is 3.83. The molecule has 0 spiro atoms. The van der Waals surface area contributed by atoms with Crippen LogP contribution in [0.5, 0.6) is 0 Å². The number of rotatable bonds is 4. The van der Waals surface area contributed by atoms with Crippen LogP contribution in [0.15, 0.2) is 18.5 Å². The lowest BCUT2D eigenvalue weighted by Crippen LogP contribution is -2.42. The van der Waals surface area contributed by atoms with Gasteiger partial charge in [0, 0.05) is 24.8 Å². The molecular formula is C14H18FN3O. The van der Waals surface area contributed by atoms with Crippen molar-refractivity contribution in [3.8, 4) is 0 Å². The van der Waals surface area contributed by atoms with E-state index < -0.39 is 5.82 Å². The van der Waals surface area contributed by atoms with Crippen molar-refractivity contribution >= 4 is 5.91 Å². The van der Waals surface area contributed by atoms with E-state index in [-0.39, 0.29) is 11.5 Å². The first-order valence-electron chi connectivity index (χ1n) is 6.89. The van der Waals surface area contributed by atoms with Crippen molar-refractivity contribution in [2.45, 2.75) is 37.8 Å². The topological polar surface area (TPSA) is 45.2 Å². The summed E-state index contributed by atoms with van der Waals surface area (Å²) < 4.78 is 13.7. The minimum Gasteiger partial charge on any atom is -0.334 e. The number of nitrogens with one attached hydrogen (secondary N) is 1. The number of carbonyl (C=O) groups excluding carboxylic acids is 1. The molecule has 5 heteroatoms. The number of pyridine rings is 1. The summed E-state index contributed by atoms with van der Waals surface area (Å²) in [5.74, 6) is -0.728. The third kappa shape index (κ3) is 2.76. The lowest BCUT2D eigenvalue weighted by molar-refractivity contribution is 0.0723. The van der Waals surface area contributed by atoms with Crippen LogP contribution in [0.2, 0.25) is 0 Å². The van der Waals surface area contributed by atoms with Gasteiger partial charge in [-0.25, -0.2) is 4.39 Å². The molecule has 1 aliphatic carbocycles. The maximum Gasteiger partial charge on any atom is 0.257 e. The van der Waals surface area contributed by atoms with Gasteiger partial charge in [-0.1, -0.05) is 0 Å². The molecule has 1 amide bonds. The van der Waals surface area contributed by atoms with Crippen molar-refractivity contribution in [1.29, 1.82) is 0 Å². The van der Waals surface area contributed by atoms with E-state index in [0.29, 0.717) is 18.6 Å². The maximum atomic E-state index is 13.7. The van der Waals surface area contributed by atoms with E-state index in [1.807, 2.05) is 4.90 Å². The van der Waals surface area contributed by atoms with Crippen LogP contribution in [-0.2, 0) is 0 Å². The van der Waals surface area contributed by atoms with Crippen molar-refractivity contribution in [3.63, 3.8) is 0 Å². The molecule has 1 saturated heterocycles. The zero-order valence-corrected chi connectivity index (χ0v) is 10.8. The Morgan fingerprint density at radius 2 is 2.32 bits per heavy atom. The Morgan fingerprint density at radius 1 is 1.47 bits per heavy atom. The second-order valence-electron chi connectivity index (χ2n) is 5.34. The summed E-state index contributed by atoms with van der Waals surface area (Å²) in [6.45, 7) is 1.70. The van der Waals surface area contributed by atoms with E-state index >= 15 is 0 Å². The highest BCUT2D eigenvalue weighted by Crippen LogP contribution is 2.29. The van der Waals surface area contributed by atoms with Crippen LogP contribution in [0.4, 0.5) is 4.39 Å². The lowest BCUT2D eigenvalue weighted by Gasteiger charge is -2.26. The van der Waals surface area contributed by atoms with Crippen molar-refractivity contribution in [3.05, 3.63) is 29.8 Å². The smallest absolute Gasteiger partial charge is 0.257 e. The first kappa shape index (κ1) is 12.5. The van der Waals surface area contributed by atoms with Crippen LogP contribution in [0, 0.1) is 5.82 Å². The van der Waals surface area contributed by atoms with E-state index in [1.54, 1.807) is 0 Å². The van der Waals surface area contributed by atoms with E-state index in [1.165, 1.54) is 12.3 Å². The van der Waals surface area contributed by atoms with Gasteiger partial charge in [0.25, 0.3) is 5.91 Å². The van der Waals surface area contributed by atoms with Gasteiger partial charge in [-0.05, 0) is 38.3 Å². The quantitative estimate of drug-likeness (QED) is 0.897. The number of carbonyl (C=O) groups is 1. The Kier molecular flexibility index (Phi) is 3.46. The van der Waals surface area contributed by atoms with Gasteiger partial charge in [0.05, 0.1) is 11.8 Å². The summed E-state index contributed by atoms with van der Waals surface area (Å²) in [5.41, 5.74) is 0.139. The van der Waals surface area contributed by atoms with Crippen molar-refractivity contribution in [2.75, 3.05) is 13.1 Å². The van der Waals surface area contributed by atoms with Crippen LogP contribution in [0.25, 0.3) is 0 Å². The van der Waals surface area contributed by atoms with Crippen LogP contribution in [0.3, 0.4) is 0 Å². The number of nitrogens with zero attached hydrogens (tertiary/aromatic N) is 2. The molecule has 1 aromatic rings. The fourth-order valence-corrected chi connectivity index (χ4v) is 2.64. The number of aromatic nitrogens is 1. The zero-order chi connectivity index (χ0) is 13.2. The Hall–Kier alpha value is -1.49. The minimum atomic E-state index is -0.530. The molecule has 1 atom stereocenters. The summed E-state index contributed by atoms with van der Waals surface area (Å²) in [6, 6.07) is 2.12. The fourth-order valence-electron chi connectivity index (χ4n) is 2.64. The molecule has 2 aliphatic rings. The largest absolute Gasteiger partial charge is 0.334 e. The molecule has 1 saturated carbocycles. The van der Waals surface area contributed by atoms with E-state index in [0.717, 1.165) is 38.4 Å².